The number of likely N-dealkylation sites (tertiary alicyclic amines) is 1. The maximum atomic E-state index is 12.5. The smallest absolute Gasteiger partial charge is 0.223 e. The molecule has 5 rings (SSSR count). The average molecular weight is 947 g/mol. The van der Waals surface area contributed by atoms with Gasteiger partial charge >= 0.3 is 0 Å². The van der Waals surface area contributed by atoms with Gasteiger partial charge in [0.1, 0.15) is 11.5 Å². The molecule has 1 saturated heterocycles. The van der Waals surface area contributed by atoms with Gasteiger partial charge in [-0.1, -0.05) is 164 Å². The monoisotopic (exact) mass is 947 g/mol. The minimum Gasteiger partial charge on any atom is -0.494 e. The number of ether oxygens (including phenoxy) is 2. The quantitative estimate of drug-likeness (QED) is 0.0356. The number of carbonyl (C=O) groups excluding carboxylic acids is 2. The molecule has 0 aromatic heterocycles. The molecule has 0 N–H and O–H groups in total. The molecule has 1 heterocycles. The first kappa shape index (κ1) is 56.5. The summed E-state index contributed by atoms with van der Waals surface area (Å²) < 4.78 is 11.8. The number of nitrogens with zero attached hydrogens (tertiary/aromatic N) is 4. The molecule has 2 atom stereocenters. The van der Waals surface area contributed by atoms with Gasteiger partial charge in [0, 0.05) is 39.0 Å². The van der Waals surface area contributed by atoms with Crippen LogP contribution in [0.5, 0.6) is 11.5 Å². The minimum absolute atomic E-state index is 0.198. The number of benzene rings is 4. The summed E-state index contributed by atoms with van der Waals surface area (Å²) in [6, 6.07) is 35.9. The van der Waals surface area contributed by atoms with Gasteiger partial charge in [0.05, 0.1) is 36.5 Å². The van der Waals surface area contributed by atoms with E-state index in [-0.39, 0.29) is 5.91 Å². The minimum atomic E-state index is 0.198. The van der Waals surface area contributed by atoms with Crippen LogP contribution < -0.4 is 9.47 Å². The van der Waals surface area contributed by atoms with Crippen LogP contribution in [-0.2, 0) is 9.59 Å². The number of amides is 2. The van der Waals surface area contributed by atoms with Crippen molar-refractivity contribution in [1.82, 2.24) is 9.80 Å². The van der Waals surface area contributed by atoms with E-state index in [1.807, 2.05) is 72.8 Å². The first-order chi connectivity index (χ1) is 34.3. The second kappa shape index (κ2) is 34.2. The van der Waals surface area contributed by atoms with Crippen molar-refractivity contribution in [2.45, 2.75) is 142 Å². The van der Waals surface area contributed by atoms with Gasteiger partial charge in [-0.2, -0.15) is 10.5 Å². The molecule has 2 amide bonds. The number of nitriles is 2. The summed E-state index contributed by atoms with van der Waals surface area (Å²) in [7, 11) is 0. The Morgan fingerprint density at radius 3 is 1.20 bits per heavy atom. The fourth-order valence-corrected chi connectivity index (χ4v) is 9.19. The highest BCUT2D eigenvalue weighted by atomic mass is 16.5. The average Bonchev–Trinajstić information content (AvgIpc) is 3.84. The van der Waals surface area contributed by atoms with E-state index >= 15 is 0 Å². The summed E-state index contributed by atoms with van der Waals surface area (Å²) >= 11 is 0. The van der Waals surface area contributed by atoms with E-state index < -0.39 is 0 Å². The van der Waals surface area contributed by atoms with Crippen molar-refractivity contribution in [2.75, 3.05) is 39.4 Å². The molecule has 1 aliphatic rings. The summed E-state index contributed by atoms with van der Waals surface area (Å²) in [6.07, 6.45) is 26.0. The van der Waals surface area contributed by atoms with Crippen molar-refractivity contribution in [3.05, 3.63) is 133 Å². The van der Waals surface area contributed by atoms with Crippen LogP contribution in [0.25, 0.3) is 22.3 Å². The highest BCUT2D eigenvalue weighted by Gasteiger charge is 2.32. The SMILES string of the molecule is C=CCN(CC=C)C(=O)CCCCCCCCCCOc1ccc(-c2ccc(C#N)cc2)cc1.CCC1CN(C(=O)CCCCCCCCCCOc2ccc(-c3ccc(C#N)cc3)cc2)CC1CC. The molecular formula is C62H82N4O4. The van der Waals surface area contributed by atoms with E-state index in [1.165, 1.54) is 83.5 Å². The molecule has 1 aliphatic heterocycles. The molecule has 0 bridgehead atoms. The van der Waals surface area contributed by atoms with E-state index in [2.05, 4.69) is 68.3 Å². The molecule has 374 valence electrons. The Kier molecular flexibility index (Phi) is 27.6. The van der Waals surface area contributed by atoms with Crippen molar-refractivity contribution >= 4 is 11.8 Å². The Bertz CT molecular complexity index is 2150. The van der Waals surface area contributed by atoms with Crippen molar-refractivity contribution < 1.29 is 19.1 Å². The lowest BCUT2D eigenvalue weighted by Crippen LogP contribution is -2.30. The first-order valence-corrected chi connectivity index (χ1v) is 26.6. The number of hydrogen-bond acceptors (Lipinski definition) is 6. The van der Waals surface area contributed by atoms with Crippen LogP contribution in [0.4, 0.5) is 0 Å². The molecule has 0 spiro atoms. The molecule has 0 radical (unpaired) electrons. The van der Waals surface area contributed by atoms with E-state index in [0.29, 0.717) is 48.4 Å². The highest BCUT2D eigenvalue weighted by molar-refractivity contribution is 5.77. The zero-order chi connectivity index (χ0) is 50.0. The summed E-state index contributed by atoms with van der Waals surface area (Å²) in [5.74, 6) is 3.81. The Balaban J connectivity index is 0.000000305. The standard InChI is InChI=1S/C32H44N2O2.C30H38N2O2/c1-3-27-24-34(25-28(27)4-2)32(35)13-11-9-7-5-6-8-10-12-22-36-31-20-18-30(19-21-31)29-16-14-26(23-33)15-17-29;1-3-22-32(23-4-2)30(33)13-11-9-7-5-6-8-10-12-24-34-29-20-18-28(19-21-29)27-16-14-26(25-31)15-17-27/h14-21,27-28H,3-13,22,24-25H2,1-2H3;3-4,14-21H,1-2,5-13,22-24H2. The summed E-state index contributed by atoms with van der Waals surface area (Å²) in [6.45, 7) is 16.6. The van der Waals surface area contributed by atoms with Crippen molar-refractivity contribution in [3.8, 4) is 45.9 Å². The van der Waals surface area contributed by atoms with Crippen molar-refractivity contribution in [3.63, 3.8) is 0 Å². The van der Waals surface area contributed by atoms with Gasteiger partial charge in [0.25, 0.3) is 0 Å². The fraction of sp³-hybridized carbons (Fsp3) is 0.484. The maximum Gasteiger partial charge on any atom is 0.223 e. The Morgan fingerprint density at radius 1 is 0.529 bits per heavy atom. The summed E-state index contributed by atoms with van der Waals surface area (Å²) in [5.41, 5.74) is 5.80. The van der Waals surface area contributed by atoms with Gasteiger partial charge in [-0.15, -0.1) is 13.2 Å². The van der Waals surface area contributed by atoms with Crippen LogP contribution in [0.1, 0.15) is 153 Å². The third-order valence-electron chi connectivity index (χ3n) is 13.5. The zero-order valence-electron chi connectivity index (χ0n) is 42.8. The van der Waals surface area contributed by atoms with Crippen LogP contribution >= 0.6 is 0 Å². The van der Waals surface area contributed by atoms with Gasteiger partial charge in [0.15, 0.2) is 0 Å². The fourth-order valence-electron chi connectivity index (χ4n) is 9.19. The Hall–Kier alpha value is -6.12. The van der Waals surface area contributed by atoms with E-state index in [1.54, 1.807) is 17.1 Å². The first-order valence-electron chi connectivity index (χ1n) is 26.6. The van der Waals surface area contributed by atoms with Crippen LogP contribution in [0.2, 0.25) is 0 Å². The third kappa shape index (κ3) is 21.3. The summed E-state index contributed by atoms with van der Waals surface area (Å²) in [4.78, 5) is 28.6. The zero-order valence-corrected chi connectivity index (χ0v) is 42.8. The van der Waals surface area contributed by atoms with Crippen LogP contribution in [-0.4, -0.2) is 61.0 Å². The molecule has 4 aromatic rings. The van der Waals surface area contributed by atoms with Crippen LogP contribution in [0, 0.1) is 34.5 Å². The van der Waals surface area contributed by atoms with Crippen LogP contribution in [0.15, 0.2) is 122 Å². The molecule has 8 heteroatoms. The lowest BCUT2D eigenvalue weighted by molar-refractivity contribution is -0.131. The normalized spacial score (nSPS) is 13.9. The van der Waals surface area contributed by atoms with Crippen molar-refractivity contribution in [2.24, 2.45) is 11.8 Å². The van der Waals surface area contributed by atoms with Crippen molar-refractivity contribution in [1.29, 1.82) is 10.5 Å². The molecule has 70 heavy (non-hydrogen) atoms. The van der Waals surface area contributed by atoms with Gasteiger partial charge in [0.2, 0.25) is 11.8 Å². The largest absolute Gasteiger partial charge is 0.494 e. The Labute approximate surface area is 422 Å². The third-order valence-corrected chi connectivity index (χ3v) is 13.5. The maximum absolute atomic E-state index is 12.5. The second-order valence-electron chi connectivity index (χ2n) is 18.8. The van der Waals surface area contributed by atoms with Crippen LogP contribution in [0.3, 0.4) is 0 Å². The topological polar surface area (TPSA) is 107 Å². The van der Waals surface area contributed by atoms with E-state index in [4.69, 9.17) is 20.0 Å². The molecule has 0 saturated carbocycles. The van der Waals surface area contributed by atoms with Gasteiger partial charge < -0.3 is 19.3 Å². The number of carbonyl (C=O) groups is 2. The second-order valence-corrected chi connectivity index (χ2v) is 18.8. The highest BCUT2D eigenvalue weighted by Crippen LogP contribution is 2.29. The number of unbranched alkanes of at least 4 members (excludes halogenated alkanes) is 14. The molecule has 0 aliphatic carbocycles. The molecule has 4 aromatic carbocycles. The molecular weight excluding hydrogens is 865 g/mol. The molecule has 1 fully saturated rings. The molecule has 8 nitrogen and oxygen atoms in total. The Morgan fingerprint density at radius 2 is 0.857 bits per heavy atom. The van der Waals surface area contributed by atoms with E-state index in [0.717, 1.165) is 98.6 Å². The number of rotatable bonds is 32. The van der Waals surface area contributed by atoms with Gasteiger partial charge in [-0.25, -0.2) is 0 Å². The van der Waals surface area contributed by atoms with Gasteiger partial charge in [-0.3, -0.25) is 9.59 Å². The van der Waals surface area contributed by atoms with E-state index in [9.17, 15) is 9.59 Å². The predicted molar refractivity (Wildman–Crippen MR) is 288 cm³/mol. The lowest BCUT2D eigenvalue weighted by Gasteiger charge is -2.19. The number of hydrogen-bond donors (Lipinski definition) is 0. The predicted octanol–water partition coefficient (Wildman–Crippen LogP) is 15.3. The molecule has 2 unspecified atom stereocenters. The lowest BCUT2D eigenvalue weighted by atomic mass is 9.92. The summed E-state index contributed by atoms with van der Waals surface area (Å²) in [5, 5.41) is 17.8. The van der Waals surface area contributed by atoms with Gasteiger partial charge in [-0.05, 0) is 108 Å².